The fourth-order valence-electron chi connectivity index (χ4n) is 3.83. The molecule has 0 heterocycles. The standard InChI is InChI=1S/C10H13.C9H7.2BrH.Zr/c1-8-6-7-9-4-2-3-5-10(8)9;1-2-5-9-7-3-6-8(9)4-1;;;/h7-8H,2-5H2,1H3;1-7H;2*1H;/q;;;;+2/p-2. The van der Waals surface area contributed by atoms with Gasteiger partial charge in [0.2, 0.25) is 0 Å². The van der Waals surface area contributed by atoms with Gasteiger partial charge in [-0.1, -0.05) is 0 Å². The maximum atomic E-state index is 2.61. The summed E-state index contributed by atoms with van der Waals surface area (Å²) in [5, 5.41) is 0. The van der Waals surface area contributed by atoms with Gasteiger partial charge in [0.05, 0.1) is 0 Å². The molecule has 0 aliphatic heterocycles. The minimum absolute atomic E-state index is 0. The Bertz CT molecular complexity index is 643. The minimum atomic E-state index is -0.533. The summed E-state index contributed by atoms with van der Waals surface area (Å²) in [5.74, 6) is 0.776. The Morgan fingerprint density at radius 1 is 1.05 bits per heavy atom. The molecule has 2 atom stereocenters. The molecule has 0 nitrogen and oxygen atoms in total. The van der Waals surface area contributed by atoms with Gasteiger partial charge in [0.15, 0.2) is 0 Å². The first-order valence-corrected chi connectivity index (χ1v) is 10.4. The van der Waals surface area contributed by atoms with Crippen molar-refractivity contribution in [1.82, 2.24) is 0 Å². The summed E-state index contributed by atoms with van der Waals surface area (Å²) in [6.45, 7) is 2.46. The molecule has 0 saturated heterocycles. The molecule has 4 rings (SSSR count). The van der Waals surface area contributed by atoms with Crippen LogP contribution in [0, 0.1) is 5.92 Å². The topological polar surface area (TPSA) is 0 Å². The van der Waals surface area contributed by atoms with Crippen LogP contribution in [-0.2, 0) is 23.2 Å². The molecule has 0 aromatic heterocycles. The van der Waals surface area contributed by atoms with Crippen molar-refractivity contribution in [3.8, 4) is 0 Å². The van der Waals surface area contributed by atoms with Crippen molar-refractivity contribution in [2.75, 3.05) is 0 Å². The predicted octanol–water partition coefficient (Wildman–Crippen LogP) is -0.751. The van der Waals surface area contributed by atoms with E-state index in [2.05, 4.69) is 49.4 Å². The summed E-state index contributed by atoms with van der Waals surface area (Å²) in [6, 6.07) is 8.97. The summed E-state index contributed by atoms with van der Waals surface area (Å²) in [4.78, 5) is 0. The van der Waals surface area contributed by atoms with Crippen LogP contribution in [-0.4, -0.2) is 0 Å². The van der Waals surface area contributed by atoms with E-state index >= 15 is 0 Å². The van der Waals surface area contributed by atoms with Crippen LogP contribution in [0.25, 0.3) is 6.08 Å². The van der Waals surface area contributed by atoms with Gasteiger partial charge < -0.3 is 34.0 Å². The smallest absolute Gasteiger partial charge is 1.00 e. The van der Waals surface area contributed by atoms with Gasteiger partial charge in [-0.25, -0.2) is 0 Å². The van der Waals surface area contributed by atoms with Gasteiger partial charge in [0.25, 0.3) is 0 Å². The van der Waals surface area contributed by atoms with Gasteiger partial charge in [-0.2, -0.15) is 0 Å². The fraction of sp³-hybridized carbons (Fsp3) is 0.368. The third-order valence-electron chi connectivity index (χ3n) is 5.00. The third kappa shape index (κ3) is 3.37. The normalized spacial score (nSPS) is 24.7. The van der Waals surface area contributed by atoms with Crippen LogP contribution in [0.4, 0.5) is 0 Å². The molecule has 3 heteroatoms. The minimum Gasteiger partial charge on any atom is -1.00 e. The maximum Gasteiger partial charge on any atom is -1.00 e. The van der Waals surface area contributed by atoms with Crippen LogP contribution < -0.4 is 34.0 Å². The largest absolute Gasteiger partial charge is 1.00 e. The van der Waals surface area contributed by atoms with Crippen molar-refractivity contribution < 1.29 is 57.2 Å². The summed E-state index contributed by atoms with van der Waals surface area (Å²) in [7, 11) is 0. The molecule has 0 fully saturated rings. The molecule has 0 spiro atoms. The molecule has 0 amide bonds. The number of allylic oxidation sites excluding steroid dienone is 5. The summed E-state index contributed by atoms with van der Waals surface area (Å²) in [5.41, 5.74) is 6.57. The van der Waals surface area contributed by atoms with Gasteiger partial charge in [0.1, 0.15) is 0 Å². The van der Waals surface area contributed by atoms with Crippen LogP contribution in [0.5, 0.6) is 0 Å². The van der Waals surface area contributed by atoms with Crippen molar-refractivity contribution in [2.24, 2.45) is 5.92 Å². The van der Waals surface area contributed by atoms with E-state index < -0.39 is 23.2 Å². The molecule has 3 aliphatic rings. The molecule has 0 bridgehead atoms. The number of fused-ring (bicyclic) bond motifs is 1. The molecular weight excluding hydrogens is 479 g/mol. The Morgan fingerprint density at radius 2 is 1.82 bits per heavy atom. The van der Waals surface area contributed by atoms with Crippen LogP contribution >= 0.6 is 0 Å². The van der Waals surface area contributed by atoms with Crippen molar-refractivity contribution in [3.63, 3.8) is 0 Å². The Morgan fingerprint density at radius 3 is 2.64 bits per heavy atom. The first-order chi connectivity index (χ1) is 9.83. The maximum absolute atomic E-state index is 2.61. The predicted molar refractivity (Wildman–Crippen MR) is 81.0 cm³/mol. The molecule has 22 heavy (non-hydrogen) atoms. The summed E-state index contributed by atoms with van der Waals surface area (Å²) >= 11 is -0.533. The van der Waals surface area contributed by atoms with E-state index in [0.717, 1.165) is 9.54 Å². The summed E-state index contributed by atoms with van der Waals surface area (Å²) < 4.78 is 2.61. The second-order valence-electron chi connectivity index (χ2n) is 6.19. The molecule has 0 radical (unpaired) electrons. The first kappa shape index (κ1) is 18.6. The number of benzene rings is 1. The molecule has 3 aliphatic carbocycles. The van der Waals surface area contributed by atoms with Crippen LogP contribution in [0.3, 0.4) is 0 Å². The second-order valence-corrected chi connectivity index (χ2v) is 9.85. The number of rotatable bonds is 2. The van der Waals surface area contributed by atoms with Crippen molar-refractivity contribution >= 4 is 6.08 Å². The number of hydrogen-bond donors (Lipinski definition) is 0. The molecule has 114 valence electrons. The Kier molecular flexibility index (Phi) is 6.69. The first-order valence-electron chi connectivity index (χ1n) is 7.80. The quantitative estimate of drug-likeness (QED) is 0.503. The third-order valence-corrected chi connectivity index (χ3v) is 9.24. The van der Waals surface area contributed by atoms with Crippen LogP contribution in [0.2, 0.25) is 0 Å². The van der Waals surface area contributed by atoms with Crippen molar-refractivity contribution in [1.29, 1.82) is 0 Å². The van der Waals surface area contributed by atoms with Crippen molar-refractivity contribution in [2.45, 2.75) is 36.2 Å². The molecule has 1 aromatic carbocycles. The zero-order chi connectivity index (χ0) is 13.5. The monoisotopic (exact) mass is 496 g/mol. The number of halogens is 2. The van der Waals surface area contributed by atoms with E-state index in [0.29, 0.717) is 0 Å². The molecular formula is C19H20Br2Zr. The van der Waals surface area contributed by atoms with Gasteiger partial charge in [-0.05, 0) is 0 Å². The fourth-order valence-corrected chi connectivity index (χ4v) is 7.89. The van der Waals surface area contributed by atoms with Gasteiger partial charge >= 0.3 is 133 Å². The van der Waals surface area contributed by atoms with Gasteiger partial charge in [0, 0.05) is 0 Å². The summed E-state index contributed by atoms with van der Waals surface area (Å²) in [6.07, 6.45) is 13.0. The Balaban J connectivity index is 0.000000882. The van der Waals surface area contributed by atoms with E-state index in [4.69, 9.17) is 0 Å². The van der Waals surface area contributed by atoms with Gasteiger partial charge in [-0.3, -0.25) is 0 Å². The van der Waals surface area contributed by atoms with E-state index in [1.165, 1.54) is 31.2 Å². The van der Waals surface area contributed by atoms with Crippen LogP contribution in [0.15, 0.2) is 50.8 Å². The van der Waals surface area contributed by atoms with Crippen LogP contribution in [0.1, 0.15) is 47.4 Å². The molecule has 0 N–H and O–H groups in total. The zero-order valence-corrected chi connectivity index (χ0v) is 18.4. The van der Waals surface area contributed by atoms with E-state index in [1.807, 2.05) is 3.28 Å². The zero-order valence-electron chi connectivity index (χ0n) is 12.8. The van der Waals surface area contributed by atoms with Gasteiger partial charge in [-0.15, -0.1) is 0 Å². The average molecular weight is 499 g/mol. The average Bonchev–Trinajstić information content (AvgIpc) is 3.03. The van der Waals surface area contributed by atoms with E-state index in [-0.39, 0.29) is 34.0 Å². The SMILES string of the molecule is CC1[C]([Zr+2][CH]2C=Cc3ccccc32)=CC2=C1CCCC2.[Br-].[Br-]. The molecule has 2 unspecified atom stereocenters. The van der Waals surface area contributed by atoms with Crippen molar-refractivity contribution in [3.05, 3.63) is 62.0 Å². The van der Waals surface area contributed by atoms with E-state index in [9.17, 15) is 0 Å². The Hall–Kier alpha value is 0.283. The second kappa shape index (κ2) is 7.90. The number of hydrogen-bond acceptors (Lipinski definition) is 0. The molecule has 1 aromatic rings. The molecule has 0 saturated carbocycles. The van der Waals surface area contributed by atoms with E-state index in [1.54, 1.807) is 16.7 Å². The Labute approximate surface area is 166 Å².